The van der Waals surface area contributed by atoms with E-state index in [0.29, 0.717) is 19.6 Å². The highest BCUT2D eigenvalue weighted by molar-refractivity contribution is 7.89. The van der Waals surface area contributed by atoms with Gasteiger partial charge in [-0.3, -0.25) is 4.79 Å². The maximum Gasteiger partial charge on any atom is 0.251 e. The number of hydrogen-bond donors (Lipinski definition) is 1. The summed E-state index contributed by atoms with van der Waals surface area (Å²) in [6.45, 7) is 1.27. The number of hydrogen-bond acceptors (Lipinski definition) is 4. The molecule has 1 amide bonds. The molecule has 4 rings (SSSR count). The average Bonchev–Trinajstić information content (AvgIpc) is 3.33. The lowest BCUT2D eigenvalue weighted by Gasteiger charge is -2.26. The summed E-state index contributed by atoms with van der Waals surface area (Å²) in [5.41, 5.74) is 2.15. The highest BCUT2D eigenvalue weighted by Gasteiger charge is 2.28. The molecule has 1 fully saturated rings. The SMILES string of the molecule is O=C(NCc1ccc(-n2ccnc2)cc1)c1ccc(Cl)c(S(=O)(=O)N2CCCCC2)c1. The zero-order valence-corrected chi connectivity index (χ0v) is 18.4. The quantitative estimate of drug-likeness (QED) is 0.611. The van der Waals surface area contributed by atoms with Gasteiger partial charge in [0.2, 0.25) is 10.0 Å². The minimum atomic E-state index is -3.73. The molecule has 0 aliphatic carbocycles. The van der Waals surface area contributed by atoms with E-state index in [4.69, 9.17) is 11.6 Å². The predicted octanol–water partition coefficient (Wildman–Crippen LogP) is 3.63. The number of carbonyl (C=O) groups excluding carboxylic acids is 1. The van der Waals surface area contributed by atoms with Gasteiger partial charge in [0.05, 0.1) is 11.3 Å². The van der Waals surface area contributed by atoms with Gasteiger partial charge in [0.1, 0.15) is 4.90 Å². The van der Waals surface area contributed by atoms with Crippen LogP contribution in [0.15, 0.2) is 66.1 Å². The second-order valence-electron chi connectivity index (χ2n) is 7.43. The van der Waals surface area contributed by atoms with E-state index >= 15 is 0 Å². The Balaban J connectivity index is 1.46. The van der Waals surface area contributed by atoms with Crippen molar-refractivity contribution >= 4 is 27.5 Å². The maximum absolute atomic E-state index is 13.0. The number of imidazole rings is 1. The summed E-state index contributed by atoms with van der Waals surface area (Å²) in [5, 5.41) is 2.96. The van der Waals surface area contributed by atoms with Crippen molar-refractivity contribution in [3.05, 3.63) is 77.3 Å². The number of benzene rings is 2. The summed E-state index contributed by atoms with van der Waals surface area (Å²) in [6, 6.07) is 12.1. The van der Waals surface area contributed by atoms with Crippen LogP contribution in [-0.4, -0.2) is 41.3 Å². The molecule has 7 nitrogen and oxygen atoms in total. The summed E-state index contributed by atoms with van der Waals surface area (Å²) in [4.78, 5) is 16.7. The Morgan fingerprint density at radius 1 is 1.06 bits per heavy atom. The van der Waals surface area contributed by atoms with Crippen LogP contribution < -0.4 is 5.32 Å². The predicted molar refractivity (Wildman–Crippen MR) is 119 cm³/mol. The lowest BCUT2D eigenvalue weighted by molar-refractivity contribution is 0.0950. The first-order chi connectivity index (χ1) is 14.9. The van der Waals surface area contributed by atoms with Crippen molar-refractivity contribution in [2.75, 3.05) is 13.1 Å². The monoisotopic (exact) mass is 458 g/mol. The third kappa shape index (κ3) is 4.81. The van der Waals surface area contributed by atoms with Gasteiger partial charge in [-0.05, 0) is 48.7 Å². The zero-order valence-electron chi connectivity index (χ0n) is 16.9. The standard InChI is InChI=1S/C22H23ClN4O3S/c23-20-9-6-18(14-21(20)31(29,30)27-11-2-1-3-12-27)22(28)25-15-17-4-7-19(8-5-17)26-13-10-24-16-26/h4-10,13-14,16H,1-3,11-12,15H2,(H,25,28). The van der Waals surface area contributed by atoms with Crippen LogP contribution in [-0.2, 0) is 16.6 Å². The molecule has 0 unspecified atom stereocenters. The molecule has 1 saturated heterocycles. The molecule has 0 spiro atoms. The number of nitrogens with zero attached hydrogens (tertiary/aromatic N) is 3. The molecule has 1 N–H and O–H groups in total. The van der Waals surface area contributed by atoms with Gasteiger partial charge < -0.3 is 9.88 Å². The summed E-state index contributed by atoms with van der Waals surface area (Å²) >= 11 is 6.19. The van der Waals surface area contributed by atoms with Crippen molar-refractivity contribution in [1.82, 2.24) is 19.2 Å². The van der Waals surface area contributed by atoms with Crippen LogP contribution in [0.3, 0.4) is 0 Å². The van der Waals surface area contributed by atoms with Crippen molar-refractivity contribution in [3.63, 3.8) is 0 Å². The molecule has 1 aliphatic rings. The Morgan fingerprint density at radius 3 is 2.48 bits per heavy atom. The fourth-order valence-corrected chi connectivity index (χ4v) is 5.59. The molecule has 1 aliphatic heterocycles. The molecule has 31 heavy (non-hydrogen) atoms. The molecule has 3 aromatic rings. The van der Waals surface area contributed by atoms with Gasteiger partial charge in [-0.2, -0.15) is 4.31 Å². The number of nitrogens with one attached hydrogen (secondary N) is 1. The molecule has 2 aromatic carbocycles. The fraction of sp³-hybridized carbons (Fsp3) is 0.273. The molecule has 0 radical (unpaired) electrons. The number of piperidine rings is 1. The largest absolute Gasteiger partial charge is 0.348 e. The number of amides is 1. The number of aromatic nitrogens is 2. The zero-order chi connectivity index (χ0) is 21.8. The Bertz CT molecular complexity index is 1160. The Kier molecular flexibility index (Phi) is 6.41. The van der Waals surface area contributed by atoms with Gasteiger partial charge in [0.25, 0.3) is 5.91 Å². The van der Waals surface area contributed by atoms with E-state index in [9.17, 15) is 13.2 Å². The van der Waals surface area contributed by atoms with Gasteiger partial charge in [0, 0.05) is 43.3 Å². The van der Waals surface area contributed by atoms with Crippen LogP contribution in [0, 0.1) is 0 Å². The smallest absolute Gasteiger partial charge is 0.251 e. The maximum atomic E-state index is 13.0. The van der Waals surface area contributed by atoms with Crippen LogP contribution in [0.5, 0.6) is 0 Å². The fourth-order valence-electron chi connectivity index (χ4n) is 3.57. The van der Waals surface area contributed by atoms with Crippen molar-refractivity contribution in [2.24, 2.45) is 0 Å². The lowest BCUT2D eigenvalue weighted by Crippen LogP contribution is -2.36. The topological polar surface area (TPSA) is 84.3 Å². The van der Waals surface area contributed by atoms with Crippen molar-refractivity contribution in [2.45, 2.75) is 30.7 Å². The molecule has 0 atom stereocenters. The number of sulfonamides is 1. The van der Waals surface area contributed by atoms with Crippen molar-refractivity contribution in [3.8, 4) is 5.69 Å². The van der Waals surface area contributed by atoms with Crippen molar-refractivity contribution < 1.29 is 13.2 Å². The lowest BCUT2D eigenvalue weighted by atomic mass is 10.2. The van der Waals surface area contributed by atoms with Gasteiger partial charge in [-0.25, -0.2) is 13.4 Å². The molecule has 0 saturated carbocycles. The summed E-state index contributed by atoms with van der Waals surface area (Å²) in [7, 11) is -3.73. The van der Waals surface area contributed by atoms with E-state index in [-0.39, 0.29) is 21.4 Å². The molecular weight excluding hydrogens is 436 g/mol. The second-order valence-corrected chi connectivity index (χ2v) is 9.74. The van der Waals surface area contributed by atoms with Crippen LogP contribution in [0.4, 0.5) is 0 Å². The third-order valence-electron chi connectivity index (χ3n) is 5.32. The second kappa shape index (κ2) is 9.21. The minimum Gasteiger partial charge on any atom is -0.348 e. The number of rotatable bonds is 6. The van der Waals surface area contributed by atoms with Gasteiger partial charge in [-0.15, -0.1) is 0 Å². The summed E-state index contributed by atoms with van der Waals surface area (Å²) < 4.78 is 29.3. The molecule has 9 heteroatoms. The summed E-state index contributed by atoms with van der Waals surface area (Å²) in [6.07, 6.45) is 7.96. The summed E-state index contributed by atoms with van der Waals surface area (Å²) in [5.74, 6) is -0.356. The Labute approximate surface area is 186 Å². The molecule has 1 aromatic heterocycles. The van der Waals surface area contributed by atoms with Gasteiger partial charge in [0.15, 0.2) is 0 Å². The van der Waals surface area contributed by atoms with E-state index in [1.165, 1.54) is 22.5 Å². The first-order valence-corrected chi connectivity index (χ1v) is 11.9. The Morgan fingerprint density at radius 2 is 1.81 bits per heavy atom. The van der Waals surface area contributed by atoms with Gasteiger partial charge >= 0.3 is 0 Å². The number of carbonyl (C=O) groups is 1. The normalized spacial score (nSPS) is 15.0. The van der Waals surface area contributed by atoms with Crippen LogP contribution in [0.2, 0.25) is 5.02 Å². The highest BCUT2D eigenvalue weighted by Crippen LogP contribution is 2.28. The highest BCUT2D eigenvalue weighted by atomic mass is 35.5. The molecular formula is C22H23ClN4O3S. The van der Waals surface area contributed by atoms with Crippen molar-refractivity contribution in [1.29, 1.82) is 0 Å². The van der Waals surface area contributed by atoms with E-state index in [1.54, 1.807) is 12.5 Å². The van der Waals surface area contributed by atoms with E-state index in [1.807, 2.05) is 35.0 Å². The van der Waals surface area contributed by atoms with E-state index < -0.39 is 10.0 Å². The first kappa shape index (κ1) is 21.5. The first-order valence-electron chi connectivity index (χ1n) is 10.1. The average molecular weight is 459 g/mol. The van der Waals surface area contributed by atoms with Crippen LogP contribution in [0.1, 0.15) is 35.2 Å². The third-order valence-corrected chi connectivity index (χ3v) is 7.70. The van der Waals surface area contributed by atoms with E-state index in [0.717, 1.165) is 30.5 Å². The molecule has 2 heterocycles. The van der Waals surface area contributed by atoms with Crippen LogP contribution in [0.25, 0.3) is 5.69 Å². The molecule has 0 bridgehead atoms. The number of halogens is 1. The van der Waals surface area contributed by atoms with E-state index in [2.05, 4.69) is 10.3 Å². The van der Waals surface area contributed by atoms with Gasteiger partial charge in [-0.1, -0.05) is 30.2 Å². The van der Waals surface area contributed by atoms with Crippen LogP contribution >= 0.6 is 11.6 Å². The Hall–Kier alpha value is -2.68. The molecule has 162 valence electrons. The minimum absolute atomic E-state index is 0.0200.